The lowest BCUT2D eigenvalue weighted by Crippen LogP contribution is -2.13. The third kappa shape index (κ3) is 4.30. The number of amides is 1. The molecule has 1 N–H and O–H groups in total. The fourth-order valence-corrected chi connectivity index (χ4v) is 3.54. The predicted molar refractivity (Wildman–Crippen MR) is 95.5 cm³/mol. The zero-order chi connectivity index (χ0) is 16.8. The van der Waals surface area contributed by atoms with E-state index < -0.39 is 0 Å². The van der Waals surface area contributed by atoms with Gasteiger partial charge in [-0.2, -0.15) is 0 Å². The predicted octanol–water partition coefficient (Wildman–Crippen LogP) is 3.34. The average Bonchev–Trinajstić information content (AvgIpc) is 3.10. The summed E-state index contributed by atoms with van der Waals surface area (Å²) in [6.07, 6.45) is 3.43. The van der Waals surface area contributed by atoms with Gasteiger partial charge in [0.25, 0.3) is 0 Å². The standard InChI is InChI=1S/C16H14N4O2S2/c1-22-13-4-2-12(3-5-13)18-14(21)10-23-16-20-19-15(24-16)11-6-8-17-9-7-11/h2-9H,10H2,1H3,(H,18,21). The molecule has 122 valence electrons. The number of hydrogen-bond acceptors (Lipinski definition) is 7. The maximum absolute atomic E-state index is 12.0. The molecule has 0 atom stereocenters. The first-order valence-corrected chi connectivity index (χ1v) is 8.85. The van der Waals surface area contributed by atoms with E-state index in [1.807, 2.05) is 12.1 Å². The number of nitrogens with zero attached hydrogens (tertiary/aromatic N) is 3. The molecule has 0 aliphatic carbocycles. The Bertz CT molecular complexity index is 806. The number of rotatable bonds is 6. The number of pyridine rings is 1. The number of carbonyl (C=O) groups excluding carboxylic acids is 1. The van der Waals surface area contributed by atoms with Gasteiger partial charge in [0.2, 0.25) is 5.91 Å². The molecule has 0 aliphatic heterocycles. The van der Waals surface area contributed by atoms with Crippen LogP contribution in [-0.2, 0) is 4.79 Å². The number of hydrogen-bond donors (Lipinski definition) is 1. The van der Waals surface area contributed by atoms with Crippen LogP contribution in [0.15, 0.2) is 53.1 Å². The van der Waals surface area contributed by atoms with E-state index in [0.717, 1.165) is 26.3 Å². The SMILES string of the molecule is COc1ccc(NC(=O)CSc2nnc(-c3ccncc3)s2)cc1. The summed E-state index contributed by atoms with van der Waals surface area (Å²) in [6, 6.07) is 11.0. The van der Waals surface area contributed by atoms with Crippen molar-refractivity contribution in [1.29, 1.82) is 0 Å². The summed E-state index contributed by atoms with van der Waals surface area (Å²) < 4.78 is 5.84. The molecule has 1 aromatic carbocycles. The summed E-state index contributed by atoms with van der Waals surface area (Å²) in [5, 5.41) is 11.9. The zero-order valence-corrected chi connectivity index (χ0v) is 14.4. The highest BCUT2D eigenvalue weighted by molar-refractivity contribution is 8.01. The van der Waals surface area contributed by atoms with Crippen LogP contribution in [0, 0.1) is 0 Å². The number of ether oxygens (including phenoxy) is 1. The zero-order valence-electron chi connectivity index (χ0n) is 12.8. The monoisotopic (exact) mass is 358 g/mol. The fourth-order valence-electron chi connectivity index (χ4n) is 1.88. The summed E-state index contributed by atoms with van der Waals surface area (Å²) in [6.45, 7) is 0. The van der Waals surface area contributed by atoms with Gasteiger partial charge >= 0.3 is 0 Å². The number of nitrogens with one attached hydrogen (secondary N) is 1. The minimum atomic E-state index is -0.0918. The van der Waals surface area contributed by atoms with Crippen molar-refractivity contribution in [2.24, 2.45) is 0 Å². The molecule has 0 spiro atoms. The first kappa shape index (κ1) is 16.4. The normalized spacial score (nSPS) is 10.4. The van der Waals surface area contributed by atoms with Gasteiger partial charge in [-0.3, -0.25) is 9.78 Å². The summed E-state index contributed by atoms with van der Waals surface area (Å²) in [5.74, 6) is 0.933. The number of anilines is 1. The summed E-state index contributed by atoms with van der Waals surface area (Å²) in [5.41, 5.74) is 1.70. The van der Waals surface area contributed by atoms with Gasteiger partial charge in [0.15, 0.2) is 4.34 Å². The van der Waals surface area contributed by atoms with E-state index in [1.165, 1.54) is 23.1 Å². The minimum Gasteiger partial charge on any atom is -0.497 e. The lowest BCUT2D eigenvalue weighted by molar-refractivity contribution is -0.113. The van der Waals surface area contributed by atoms with E-state index in [2.05, 4.69) is 20.5 Å². The van der Waals surface area contributed by atoms with E-state index in [1.54, 1.807) is 43.8 Å². The fraction of sp³-hybridized carbons (Fsp3) is 0.125. The van der Waals surface area contributed by atoms with Crippen LogP contribution in [-0.4, -0.2) is 34.0 Å². The number of thioether (sulfide) groups is 1. The van der Waals surface area contributed by atoms with E-state index in [0.29, 0.717) is 0 Å². The number of methoxy groups -OCH3 is 1. The molecular weight excluding hydrogens is 344 g/mol. The molecule has 24 heavy (non-hydrogen) atoms. The van der Waals surface area contributed by atoms with Crippen LogP contribution in [0.25, 0.3) is 10.6 Å². The first-order chi connectivity index (χ1) is 11.7. The quantitative estimate of drug-likeness (QED) is 0.681. The Morgan fingerprint density at radius 3 is 2.62 bits per heavy atom. The molecule has 0 radical (unpaired) electrons. The summed E-state index contributed by atoms with van der Waals surface area (Å²) >= 11 is 2.82. The summed E-state index contributed by atoms with van der Waals surface area (Å²) in [7, 11) is 1.60. The Kier molecular flexibility index (Phi) is 5.39. The Morgan fingerprint density at radius 1 is 1.17 bits per heavy atom. The molecule has 0 saturated carbocycles. The molecule has 3 rings (SSSR count). The molecule has 0 bridgehead atoms. The Labute approximate surface area is 147 Å². The highest BCUT2D eigenvalue weighted by atomic mass is 32.2. The van der Waals surface area contributed by atoms with Gasteiger partial charge in [0.1, 0.15) is 10.8 Å². The van der Waals surface area contributed by atoms with Gasteiger partial charge in [-0.25, -0.2) is 0 Å². The third-order valence-electron chi connectivity index (χ3n) is 3.03. The van der Waals surface area contributed by atoms with E-state index in [9.17, 15) is 4.79 Å². The van der Waals surface area contributed by atoms with Crippen LogP contribution >= 0.6 is 23.1 Å². The minimum absolute atomic E-state index is 0.0918. The maximum atomic E-state index is 12.0. The molecule has 8 heteroatoms. The number of carbonyl (C=O) groups is 1. The lowest BCUT2D eigenvalue weighted by atomic mass is 10.3. The smallest absolute Gasteiger partial charge is 0.234 e. The van der Waals surface area contributed by atoms with Gasteiger partial charge in [0, 0.05) is 23.6 Å². The van der Waals surface area contributed by atoms with Gasteiger partial charge in [-0.1, -0.05) is 23.1 Å². The molecule has 1 amide bonds. The molecule has 0 unspecified atom stereocenters. The van der Waals surface area contributed by atoms with E-state index in [4.69, 9.17) is 4.74 Å². The number of benzene rings is 1. The second-order valence-corrected chi connectivity index (χ2v) is 6.87. The average molecular weight is 358 g/mol. The maximum Gasteiger partial charge on any atom is 0.234 e. The van der Waals surface area contributed by atoms with E-state index in [-0.39, 0.29) is 11.7 Å². The van der Waals surface area contributed by atoms with Crippen molar-refractivity contribution in [3.63, 3.8) is 0 Å². The van der Waals surface area contributed by atoms with Crippen molar-refractivity contribution in [1.82, 2.24) is 15.2 Å². The molecule has 0 fully saturated rings. The molecule has 6 nitrogen and oxygen atoms in total. The van der Waals surface area contributed by atoms with Crippen LogP contribution in [0.5, 0.6) is 5.75 Å². The second kappa shape index (κ2) is 7.89. The molecule has 0 saturated heterocycles. The van der Waals surface area contributed by atoms with Crippen molar-refractivity contribution >= 4 is 34.7 Å². The van der Waals surface area contributed by atoms with Gasteiger partial charge in [-0.05, 0) is 36.4 Å². The molecule has 2 heterocycles. The lowest BCUT2D eigenvalue weighted by Gasteiger charge is -2.05. The van der Waals surface area contributed by atoms with Gasteiger partial charge in [-0.15, -0.1) is 10.2 Å². The van der Waals surface area contributed by atoms with Crippen LogP contribution in [0.2, 0.25) is 0 Å². The highest BCUT2D eigenvalue weighted by Gasteiger charge is 2.10. The topological polar surface area (TPSA) is 77.0 Å². The van der Waals surface area contributed by atoms with Crippen LogP contribution in [0.3, 0.4) is 0 Å². The van der Waals surface area contributed by atoms with Crippen molar-refractivity contribution in [2.45, 2.75) is 4.34 Å². The number of aromatic nitrogens is 3. The highest BCUT2D eigenvalue weighted by Crippen LogP contribution is 2.29. The molecular formula is C16H14N4O2S2. The molecule has 3 aromatic rings. The second-order valence-electron chi connectivity index (χ2n) is 4.67. The van der Waals surface area contributed by atoms with Crippen LogP contribution in [0.1, 0.15) is 0 Å². The van der Waals surface area contributed by atoms with Crippen molar-refractivity contribution in [3.8, 4) is 16.3 Å². The molecule has 2 aromatic heterocycles. The van der Waals surface area contributed by atoms with Crippen molar-refractivity contribution in [3.05, 3.63) is 48.8 Å². The first-order valence-electron chi connectivity index (χ1n) is 7.05. The van der Waals surface area contributed by atoms with Crippen molar-refractivity contribution < 1.29 is 9.53 Å². The van der Waals surface area contributed by atoms with Gasteiger partial charge < -0.3 is 10.1 Å². The van der Waals surface area contributed by atoms with E-state index >= 15 is 0 Å². The third-order valence-corrected chi connectivity index (χ3v) is 5.14. The Morgan fingerprint density at radius 2 is 1.92 bits per heavy atom. The van der Waals surface area contributed by atoms with Crippen LogP contribution in [0.4, 0.5) is 5.69 Å². The Hall–Kier alpha value is -2.45. The van der Waals surface area contributed by atoms with Crippen molar-refractivity contribution in [2.75, 3.05) is 18.2 Å². The van der Waals surface area contributed by atoms with Crippen LogP contribution < -0.4 is 10.1 Å². The molecule has 0 aliphatic rings. The van der Waals surface area contributed by atoms with Gasteiger partial charge in [0.05, 0.1) is 12.9 Å². The Balaban J connectivity index is 1.53. The summed E-state index contributed by atoms with van der Waals surface area (Å²) in [4.78, 5) is 16.0. The largest absolute Gasteiger partial charge is 0.497 e.